The third-order valence-corrected chi connectivity index (χ3v) is 0.457. The highest BCUT2D eigenvalue weighted by atomic mass is 19.1. The van der Waals surface area contributed by atoms with Gasteiger partial charge in [0.1, 0.15) is 0 Å². The fourth-order valence-corrected chi connectivity index (χ4v) is 0.128. The maximum atomic E-state index is 11.5. The maximum absolute atomic E-state index is 11.5. The molecule has 0 aromatic heterocycles. The third-order valence-electron chi connectivity index (χ3n) is 0.457. The van der Waals surface area contributed by atoms with Gasteiger partial charge in [-0.15, -0.1) is 0 Å². The van der Waals surface area contributed by atoms with Crippen molar-refractivity contribution >= 4 is 5.97 Å². The number of carbonyl (C=O) groups excluding carboxylic acids is 1. The molecule has 0 N–H and O–H groups in total. The van der Waals surface area contributed by atoms with Crippen LogP contribution in [0.25, 0.3) is 0 Å². The summed E-state index contributed by atoms with van der Waals surface area (Å²) in [6.45, 7) is 2.77. The Kier molecular flexibility index (Phi) is 2.33. The number of carbonyl (C=O) groups is 1. The molecule has 3 heteroatoms. The molecule has 0 aliphatic heterocycles. The van der Waals surface area contributed by atoms with Gasteiger partial charge in [-0.1, -0.05) is 0 Å². The number of hydrogen-bond acceptors (Lipinski definition) is 2. The smallest absolute Gasteiger partial charge is 0.340 e. The van der Waals surface area contributed by atoms with Crippen molar-refractivity contribution in [2.75, 3.05) is 7.11 Å². The molecular weight excluding hydrogens is 99.0 g/mol. The summed E-state index contributed by atoms with van der Waals surface area (Å²) >= 11 is 0. The second-order valence-electron chi connectivity index (χ2n) is 0.991. The van der Waals surface area contributed by atoms with Gasteiger partial charge >= 0.3 is 5.97 Å². The van der Waals surface area contributed by atoms with Crippen LogP contribution in [0.1, 0.15) is 0 Å². The minimum atomic E-state index is -1.75. The third kappa shape index (κ3) is 2.14. The molecule has 1 atom stereocenters. The van der Waals surface area contributed by atoms with E-state index in [4.69, 9.17) is 0 Å². The van der Waals surface area contributed by atoms with Crippen molar-refractivity contribution in [3.05, 3.63) is 6.92 Å². The normalized spacial score (nSPS) is 13.0. The fourth-order valence-electron chi connectivity index (χ4n) is 0.128. The van der Waals surface area contributed by atoms with E-state index in [1.54, 1.807) is 0 Å². The summed E-state index contributed by atoms with van der Waals surface area (Å²) in [5.41, 5.74) is 0. The fraction of sp³-hybridized carbons (Fsp3) is 0.500. The average molecular weight is 105 g/mol. The first-order chi connectivity index (χ1) is 3.18. The van der Waals surface area contributed by atoms with Gasteiger partial charge in [-0.25, -0.2) is 9.18 Å². The average Bonchev–Trinajstić information content (AvgIpc) is 1.65. The highest BCUT2D eigenvalue weighted by molar-refractivity contribution is 5.74. The van der Waals surface area contributed by atoms with Gasteiger partial charge in [0.05, 0.1) is 7.11 Å². The largest absolute Gasteiger partial charge is 0.467 e. The minimum absolute atomic E-state index is 0.931. The molecule has 0 bridgehead atoms. The summed E-state index contributed by atoms with van der Waals surface area (Å²) in [6, 6.07) is 0. The zero-order valence-corrected chi connectivity index (χ0v) is 3.98. The predicted octanol–water partition coefficient (Wildman–Crippen LogP) is 0.332. The SMILES string of the molecule is [CH2]C(F)C(=O)OC. The van der Waals surface area contributed by atoms with Gasteiger partial charge < -0.3 is 4.74 Å². The number of hydrogen-bond donors (Lipinski definition) is 0. The number of esters is 1. The Bertz CT molecular complexity index is 70.1. The molecule has 0 aliphatic rings. The quantitative estimate of drug-likeness (QED) is 0.449. The molecule has 0 rings (SSSR count). The molecule has 0 amide bonds. The molecule has 0 aromatic rings. The Morgan fingerprint density at radius 2 is 2.43 bits per heavy atom. The van der Waals surface area contributed by atoms with E-state index < -0.39 is 12.1 Å². The van der Waals surface area contributed by atoms with Crippen molar-refractivity contribution in [3.8, 4) is 0 Å². The maximum Gasteiger partial charge on any atom is 0.340 e. The van der Waals surface area contributed by atoms with Gasteiger partial charge in [0.2, 0.25) is 0 Å². The van der Waals surface area contributed by atoms with E-state index in [0.29, 0.717) is 0 Å². The van der Waals surface area contributed by atoms with E-state index in [1.807, 2.05) is 0 Å². The van der Waals surface area contributed by atoms with Crippen molar-refractivity contribution in [2.45, 2.75) is 6.17 Å². The first-order valence-corrected chi connectivity index (χ1v) is 1.73. The molecule has 0 aromatic carbocycles. The number of methoxy groups -OCH3 is 1. The van der Waals surface area contributed by atoms with Crippen LogP contribution < -0.4 is 0 Å². The van der Waals surface area contributed by atoms with E-state index in [2.05, 4.69) is 11.7 Å². The summed E-state index contributed by atoms with van der Waals surface area (Å²) in [5.74, 6) is -0.931. The van der Waals surface area contributed by atoms with Gasteiger partial charge in [-0.2, -0.15) is 0 Å². The van der Waals surface area contributed by atoms with Crippen molar-refractivity contribution in [1.29, 1.82) is 0 Å². The number of alkyl halides is 1. The number of halogens is 1. The topological polar surface area (TPSA) is 26.3 Å². The summed E-state index contributed by atoms with van der Waals surface area (Å²) in [5, 5.41) is 0. The van der Waals surface area contributed by atoms with Crippen LogP contribution in [-0.4, -0.2) is 19.3 Å². The van der Waals surface area contributed by atoms with Crippen molar-refractivity contribution in [2.24, 2.45) is 0 Å². The molecule has 2 nitrogen and oxygen atoms in total. The van der Waals surface area contributed by atoms with Gasteiger partial charge in [0.25, 0.3) is 0 Å². The van der Waals surface area contributed by atoms with Crippen LogP contribution in [0.5, 0.6) is 0 Å². The van der Waals surface area contributed by atoms with E-state index in [-0.39, 0.29) is 0 Å². The monoisotopic (exact) mass is 105 g/mol. The highest BCUT2D eigenvalue weighted by Gasteiger charge is 2.08. The predicted molar refractivity (Wildman–Crippen MR) is 22.3 cm³/mol. The summed E-state index contributed by atoms with van der Waals surface area (Å²) in [7, 11) is 1.11. The van der Waals surface area contributed by atoms with Crippen LogP contribution in [0.15, 0.2) is 0 Å². The van der Waals surface area contributed by atoms with Gasteiger partial charge in [0.15, 0.2) is 6.17 Å². The molecule has 1 radical (unpaired) electrons. The van der Waals surface area contributed by atoms with Gasteiger partial charge in [-0.05, 0) is 6.92 Å². The van der Waals surface area contributed by atoms with Crippen LogP contribution in [-0.2, 0) is 9.53 Å². The van der Waals surface area contributed by atoms with Crippen LogP contribution in [0.2, 0.25) is 0 Å². The zero-order chi connectivity index (χ0) is 5.86. The highest BCUT2D eigenvalue weighted by Crippen LogP contribution is 1.87. The van der Waals surface area contributed by atoms with Gasteiger partial charge in [-0.3, -0.25) is 0 Å². The Hall–Kier alpha value is -0.600. The summed E-state index contributed by atoms with van der Waals surface area (Å²) < 4.78 is 15.4. The minimum Gasteiger partial charge on any atom is -0.467 e. The second-order valence-corrected chi connectivity index (χ2v) is 0.991. The van der Waals surface area contributed by atoms with E-state index >= 15 is 0 Å². The Balaban J connectivity index is 3.35. The molecule has 0 saturated carbocycles. The standard InChI is InChI=1S/C4H6FO2/c1-3(5)4(6)7-2/h3H,1H2,2H3. The van der Waals surface area contributed by atoms with E-state index in [0.717, 1.165) is 7.11 Å². The summed E-state index contributed by atoms with van der Waals surface area (Å²) in [4.78, 5) is 9.85. The Morgan fingerprint density at radius 3 is 2.43 bits per heavy atom. The molecular formula is C4H6FO2. The lowest BCUT2D eigenvalue weighted by atomic mass is 10.5. The molecule has 0 aliphatic carbocycles. The van der Waals surface area contributed by atoms with E-state index in [1.165, 1.54) is 0 Å². The van der Waals surface area contributed by atoms with Gasteiger partial charge in [0, 0.05) is 0 Å². The first kappa shape index (κ1) is 6.40. The van der Waals surface area contributed by atoms with Crippen molar-refractivity contribution in [1.82, 2.24) is 0 Å². The van der Waals surface area contributed by atoms with Crippen molar-refractivity contribution < 1.29 is 13.9 Å². The lowest BCUT2D eigenvalue weighted by Crippen LogP contribution is -2.12. The number of ether oxygens (including phenoxy) is 1. The Labute approximate surface area is 41.3 Å². The van der Waals surface area contributed by atoms with Crippen LogP contribution in [0.4, 0.5) is 4.39 Å². The molecule has 1 unspecified atom stereocenters. The lowest BCUT2D eigenvalue weighted by molar-refractivity contribution is -0.144. The second kappa shape index (κ2) is 2.55. The molecule has 0 spiro atoms. The molecule has 0 heterocycles. The molecule has 0 saturated heterocycles. The molecule has 0 fully saturated rings. The van der Waals surface area contributed by atoms with Crippen LogP contribution in [0.3, 0.4) is 0 Å². The van der Waals surface area contributed by atoms with Crippen LogP contribution in [0, 0.1) is 6.92 Å². The van der Waals surface area contributed by atoms with Crippen LogP contribution >= 0.6 is 0 Å². The van der Waals surface area contributed by atoms with E-state index in [9.17, 15) is 9.18 Å². The zero-order valence-electron chi connectivity index (χ0n) is 3.98. The molecule has 7 heavy (non-hydrogen) atoms. The lowest BCUT2D eigenvalue weighted by Gasteiger charge is -1.94. The Morgan fingerprint density at radius 1 is 2.00 bits per heavy atom. The molecule has 41 valence electrons. The number of rotatable bonds is 1. The summed E-state index contributed by atoms with van der Waals surface area (Å²) in [6.07, 6.45) is -1.75. The first-order valence-electron chi connectivity index (χ1n) is 1.73. The van der Waals surface area contributed by atoms with Crippen molar-refractivity contribution in [3.63, 3.8) is 0 Å².